The van der Waals surface area contributed by atoms with Gasteiger partial charge in [-0.1, -0.05) is 52.1 Å². The second-order valence-corrected chi connectivity index (χ2v) is 5.09. The normalized spacial score (nSPS) is 10.9. The third kappa shape index (κ3) is 3.37. The smallest absolute Gasteiger partial charge is 0.128 e. The maximum absolute atomic E-state index is 8.61. The first-order valence-corrected chi connectivity index (χ1v) is 6.78. The van der Waals surface area contributed by atoms with Crippen molar-refractivity contribution in [1.82, 2.24) is 0 Å². The molecule has 0 fully saturated rings. The van der Waals surface area contributed by atoms with E-state index < -0.39 is 0 Å². The molecule has 2 rings (SSSR count). The number of rotatable bonds is 4. The van der Waals surface area contributed by atoms with Gasteiger partial charge in [-0.15, -0.1) is 0 Å². The Bertz CT molecular complexity index is 644. The fourth-order valence-electron chi connectivity index (χ4n) is 1.63. The van der Waals surface area contributed by atoms with E-state index in [4.69, 9.17) is 44.7 Å². The number of hydrogen-bond donors (Lipinski definition) is 1. The molecule has 0 amide bonds. The van der Waals surface area contributed by atoms with E-state index in [0.717, 1.165) is 0 Å². The maximum Gasteiger partial charge on any atom is 0.128 e. The van der Waals surface area contributed by atoms with Crippen LogP contribution >= 0.6 is 34.8 Å². The molecule has 0 saturated heterocycles. The predicted octanol–water partition coefficient (Wildman–Crippen LogP) is 5.03. The van der Waals surface area contributed by atoms with Crippen LogP contribution in [-0.4, -0.2) is 11.4 Å². The molecule has 0 unspecified atom stereocenters. The highest BCUT2D eigenvalue weighted by Gasteiger charge is 2.11. The van der Waals surface area contributed by atoms with Crippen LogP contribution in [0.1, 0.15) is 11.1 Å². The summed E-state index contributed by atoms with van der Waals surface area (Å²) >= 11 is 18.1. The van der Waals surface area contributed by atoms with Crippen LogP contribution in [0.5, 0.6) is 5.75 Å². The van der Waals surface area contributed by atoms with Crippen molar-refractivity contribution in [3.8, 4) is 5.75 Å². The fraction of sp³-hybridized carbons (Fsp3) is 0.0714. The van der Waals surface area contributed by atoms with E-state index in [9.17, 15) is 0 Å². The van der Waals surface area contributed by atoms with E-state index in [2.05, 4.69) is 5.16 Å². The van der Waals surface area contributed by atoms with Crippen LogP contribution in [0, 0.1) is 0 Å². The summed E-state index contributed by atoms with van der Waals surface area (Å²) in [6.45, 7) is 0.161. The zero-order valence-corrected chi connectivity index (χ0v) is 12.5. The lowest BCUT2D eigenvalue weighted by Gasteiger charge is -2.12. The lowest BCUT2D eigenvalue weighted by molar-refractivity contribution is 0.304. The summed E-state index contributed by atoms with van der Waals surface area (Å²) in [5, 5.41) is 12.9. The van der Waals surface area contributed by atoms with Crippen LogP contribution in [0.4, 0.5) is 0 Å². The van der Waals surface area contributed by atoms with Crippen molar-refractivity contribution in [2.45, 2.75) is 6.61 Å². The van der Waals surface area contributed by atoms with E-state index in [0.29, 0.717) is 31.9 Å². The lowest BCUT2D eigenvalue weighted by Crippen LogP contribution is -2.00. The third-order valence-electron chi connectivity index (χ3n) is 2.63. The van der Waals surface area contributed by atoms with Crippen LogP contribution in [0.2, 0.25) is 15.1 Å². The molecule has 20 heavy (non-hydrogen) atoms. The largest absolute Gasteiger partial charge is 0.488 e. The van der Waals surface area contributed by atoms with Gasteiger partial charge < -0.3 is 9.94 Å². The van der Waals surface area contributed by atoms with Crippen molar-refractivity contribution in [2.24, 2.45) is 5.16 Å². The highest BCUT2D eigenvalue weighted by molar-refractivity contribution is 6.44. The highest BCUT2D eigenvalue weighted by Crippen LogP contribution is 2.32. The summed E-state index contributed by atoms with van der Waals surface area (Å²) < 4.78 is 5.66. The molecule has 2 aromatic carbocycles. The third-order valence-corrected chi connectivity index (χ3v) is 3.82. The Kier molecular flexibility index (Phi) is 5.12. The van der Waals surface area contributed by atoms with Gasteiger partial charge in [-0.2, -0.15) is 0 Å². The van der Waals surface area contributed by atoms with Crippen molar-refractivity contribution >= 4 is 41.0 Å². The summed E-state index contributed by atoms with van der Waals surface area (Å²) in [7, 11) is 0. The Balaban J connectivity index is 2.24. The maximum atomic E-state index is 8.61. The van der Waals surface area contributed by atoms with Crippen LogP contribution in [-0.2, 0) is 6.61 Å². The average molecular weight is 331 g/mol. The van der Waals surface area contributed by atoms with Gasteiger partial charge >= 0.3 is 0 Å². The summed E-state index contributed by atoms with van der Waals surface area (Å²) in [5.74, 6) is 0.553. The van der Waals surface area contributed by atoms with Gasteiger partial charge in [0.25, 0.3) is 0 Å². The first-order chi connectivity index (χ1) is 9.63. The molecule has 104 valence electrons. The first kappa shape index (κ1) is 15.0. The number of hydrogen-bond acceptors (Lipinski definition) is 3. The molecule has 0 spiro atoms. The summed E-state index contributed by atoms with van der Waals surface area (Å²) in [4.78, 5) is 0. The van der Waals surface area contributed by atoms with Crippen LogP contribution < -0.4 is 4.74 Å². The van der Waals surface area contributed by atoms with Gasteiger partial charge in [0.05, 0.1) is 16.3 Å². The van der Waals surface area contributed by atoms with Gasteiger partial charge in [0.2, 0.25) is 0 Å². The second kappa shape index (κ2) is 6.84. The molecule has 1 N–H and O–H groups in total. The molecule has 0 aliphatic rings. The molecule has 0 atom stereocenters. The molecular formula is C14H10Cl3NO2. The molecule has 0 bridgehead atoms. The van der Waals surface area contributed by atoms with Gasteiger partial charge in [-0.05, 0) is 24.3 Å². The SMILES string of the molecule is O/N=C/c1ccccc1OCc1c(Cl)ccc(Cl)c1Cl. The number of halogens is 3. The second-order valence-electron chi connectivity index (χ2n) is 3.89. The minimum atomic E-state index is 0.161. The van der Waals surface area contributed by atoms with Crippen molar-refractivity contribution in [3.05, 3.63) is 62.6 Å². The number of nitrogens with zero attached hydrogens (tertiary/aromatic N) is 1. The van der Waals surface area contributed by atoms with Gasteiger partial charge in [-0.25, -0.2) is 0 Å². The summed E-state index contributed by atoms with van der Waals surface area (Å²) in [6.07, 6.45) is 1.29. The molecule has 6 heteroatoms. The molecule has 0 saturated carbocycles. The Hall–Kier alpha value is -1.42. The molecule has 0 aliphatic carbocycles. The van der Waals surface area contributed by atoms with Crippen molar-refractivity contribution in [1.29, 1.82) is 0 Å². The standard InChI is InChI=1S/C14H10Cl3NO2/c15-11-5-6-12(16)14(17)10(11)8-20-13-4-2-1-3-9(13)7-18-19/h1-7,19H,8H2/b18-7+. The minimum absolute atomic E-state index is 0.161. The lowest BCUT2D eigenvalue weighted by atomic mass is 10.2. The van der Waals surface area contributed by atoms with Crippen LogP contribution in [0.25, 0.3) is 0 Å². The predicted molar refractivity (Wildman–Crippen MR) is 81.6 cm³/mol. The molecule has 0 heterocycles. The molecule has 3 nitrogen and oxygen atoms in total. The van der Waals surface area contributed by atoms with Crippen molar-refractivity contribution in [3.63, 3.8) is 0 Å². The zero-order chi connectivity index (χ0) is 14.5. The molecule has 0 aromatic heterocycles. The van der Waals surface area contributed by atoms with Gasteiger partial charge in [0, 0.05) is 16.1 Å². The quantitative estimate of drug-likeness (QED) is 0.369. The van der Waals surface area contributed by atoms with E-state index in [1.165, 1.54) is 6.21 Å². The molecule has 2 aromatic rings. The number of oxime groups is 1. The Morgan fingerprint density at radius 1 is 1.05 bits per heavy atom. The molecular weight excluding hydrogens is 321 g/mol. The van der Waals surface area contributed by atoms with Crippen molar-refractivity contribution in [2.75, 3.05) is 0 Å². The molecule has 0 aliphatic heterocycles. The van der Waals surface area contributed by atoms with Crippen LogP contribution in [0.3, 0.4) is 0 Å². The Morgan fingerprint density at radius 3 is 2.50 bits per heavy atom. The fourth-order valence-corrected chi connectivity index (χ4v) is 2.29. The minimum Gasteiger partial charge on any atom is -0.488 e. The highest BCUT2D eigenvalue weighted by atomic mass is 35.5. The Morgan fingerprint density at radius 2 is 1.75 bits per heavy atom. The number of para-hydroxylation sites is 1. The molecule has 0 radical (unpaired) electrons. The monoisotopic (exact) mass is 329 g/mol. The van der Waals surface area contributed by atoms with Gasteiger partial charge in [0.15, 0.2) is 0 Å². The van der Waals surface area contributed by atoms with Gasteiger partial charge in [-0.3, -0.25) is 0 Å². The van der Waals surface area contributed by atoms with E-state index in [-0.39, 0.29) is 6.61 Å². The summed E-state index contributed by atoms with van der Waals surface area (Å²) in [5.41, 5.74) is 1.25. The summed E-state index contributed by atoms with van der Waals surface area (Å²) in [6, 6.07) is 10.4. The van der Waals surface area contributed by atoms with E-state index >= 15 is 0 Å². The first-order valence-electron chi connectivity index (χ1n) is 5.65. The number of benzene rings is 2. The Labute approximate surface area is 131 Å². The van der Waals surface area contributed by atoms with Crippen LogP contribution in [0.15, 0.2) is 41.6 Å². The van der Waals surface area contributed by atoms with E-state index in [1.54, 1.807) is 24.3 Å². The topological polar surface area (TPSA) is 41.8 Å². The average Bonchev–Trinajstić information content (AvgIpc) is 2.45. The van der Waals surface area contributed by atoms with Gasteiger partial charge in [0.1, 0.15) is 12.4 Å². The van der Waals surface area contributed by atoms with Crippen molar-refractivity contribution < 1.29 is 9.94 Å². The number of ether oxygens (including phenoxy) is 1. The zero-order valence-electron chi connectivity index (χ0n) is 10.2. The van der Waals surface area contributed by atoms with E-state index in [1.807, 2.05) is 12.1 Å².